The zero-order valence-electron chi connectivity index (χ0n) is 10.5. The van der Waals surface area contributed by atoms with Crippen molar-refractivity contribution in [2.24, 2.45) is 23.5 Å². The molecule has 0 bridgehead atoms. The highest BCUT2D eigenvalue weighted by atomic mass is 16.3. The fraction of sp³-hybridized carbons (Fsp3) is 1.00. The van der Waals surface area contributed by atoms with E-state index in [1.54, 1.807) is 0 Å². The van der Waals surface area contributed by atoms with E-state index in [0.717, 1.165) is 18.3 Å². The number of aliphatic hydroxyl groups excluding tert-OH is 1. The SMILES string of the molecule is CC1CCCC(C(CCO)C(C)(C)N)C1. The lowest BCUT2D eigenvalue weighted by Crippen LogP contribution is -2.46. The lowest BCUT2D eigenvalue weighted by atomic mass is 9.68. The van der Waals surface area contributed by atoms with Gasteiger partial charge in [-0.25, -0.2) is 0 Å². The van der Waals surface area contributed by atoms with Crippen molar-refractivity contribution in [3.05, 3.63) is 0 Å². The molecule has 1 rings (SSSR count). The van der Waals surface area contributed by atoms with Crippen LogP contribution in [-0.4, -0.2) is 17.3 Å². The minimum atomic E-state index is -0.148. The van der Waals surface area contributed by atoms with E-state index in [1.165, 1.54) is 25.7 Å². The van der Waals surface area contributed by atoms with Crippen LogP contribution in [0.25, 0.3) is 0 Å². The normalized spacial score (nSPS) is 30.2. The molecular weight excluding hydrogens is 186 g/mol. The molecule has 0 spiro atoms. The second-order valence-electron chi connectivity index (χ2n) is 5.97. The molecule has 2 heteroatoms. The molecule has 0 aromatic rings. The molecule has 0 aromatic carbocycles. The maximum absolute atomic E-state index is 9.14. The number of aliphatic hydroxyl groups is 1. The summed E-state index contributed by atoms with van der Waals surface area (Å²) in [7, 11) is 0. The fourth-order valence-electron chi connectivity index (χ4n) is 3.20. The van der Waals surface area contributed by atoms with Crippen molar-refractivity contribution >= 4 is 0 Å². The molecule has 0 radical (unpaired) electrons. The minimum absolute atomic E-state index is 0.148. The van der Waals surface area contributed by atoms with E-state index in [4.69, 9.17) is 10.8 Å². The lowest BCUT2D eigenvalue weighted by molar-refractivity contribution is 0.113. The molecule has 3 N–H and O–H groups in total. The van der Waals surface area contributed by atoms with E-state index in [-0.39, 0.29) is 12.1 Å². The van der Waals surface area contributed by atoms with Gasteiger partial charge in [-0.2, -0.15) is 0 Å². The Hall–Kier alpha value is -0.0800. The molecule has 2 nitrogen and oxygen atoms in total. The van der Waals surface area contributed by atoms with Crippen LogP contribution in [-0.2, 0) is 0 Å². The molecular formula is C13H27NO. The van der Waals surface area contributed by atoms with Crippen molar-refractivity contribution in [1.29, 1.82) is 0 Å². The average molecular weight is 213 g/mol. The molecule has 1 aliphatic carbocycles. The summed E-state index contributed by atoms with van der Waals surface area (Å²) in [6, 6.07) is 0. The van der Waals surface area contributed by atoms with Crippen LogP contribution in [0.5, 0.6) is 0 Å². The maximum Gasteiger partial charge on any atom is 0.0434 e. The molecule has 3 unspecified atom stereocenters. The van der Waals surface area contributed by atoms with Crippen LogP contribution < -0.4 is 5.73 Å². The third kappa shape index (κ3) is 3.76. The standard InChI is InChI=1S/C13H27NO/c1-10-5-4-6-11(9-10)12(7-8-15)13(2,3)14/h10-12,15H,4-9,14H2,1-3H3. The molecule has 1 aliphatic rings. The van der Waals surface area contributed by atoms with Crippen LogP contribution in [0.15, 0.2) is 0 Å². The highest BCUT2D eigenvalue weighted by molar-refractivity contribution is 4.89. The van der Waals surface area contributed by atoms with Gasteiger partial charge in [0.1, 0.15) is 0 Å². The molecule has 0 amide bonds. The van der Waals surface area contributed by atoms with Gasteiger partial charge in [0.05, 0.1) is 0 Å². The topological polar surface area (TPSA) is 46.2 Å². The molecule has 1 fully saturated rings. The Labute approximate surface area is 94.2 Å². The van der Waals surface area contributed by atoms with Crippen molar-refractivity contribution in [3.63, 3.8) is 0 Å². The molecule has 0 saturated heterocycles. The monoisotopic (exact) mass is 213 g/mol. The first-order valence-electron chi connectivity index (χ1n) is 6.35. The molecule has 3 atom stereocenters. The largest absolute Gasteiger partial charge is 0.396 e. The molecule has 0 heterocycles. The van der Waals surface area contributed by atoms with E-state index in [9.17, 15) is 0 Å². The van der Waals surface area contributed by atoms with Gasteiger partial charge < -0.3 is 10.8 Å². The summed E-state index contributed by atoms with van der Waals surface area (Å²) < 4.78 is 0. The van der Waals surface area contributed by atoms with Gasteiger partial charge in [-0.3, -0.25) is 0 Å². The van der Waals surface area contributed by atoms with Gasteiger partial charge in [-0.05, 0) is 44.4 Å². The van der Waals surface area contributed by atoms with Crippen LogP contribution in [0.2, 0.25) is 0 Å². The number of hydrogen-bond donors (Lipinski definition) is 2. The van der Waals surface area contributed by atoms with Crippen LogP contribution in [0.3, 0.4) is 0 Å². The molecule has 1 saturated carbocycles. The summed E-state index contributed by atoms with van der Waals surface area (Å²) >= 11 is 0. The molecule has 90 valence electrons. The summed E-state index contributed by atoms with van der Waals surface area (Å²) in [5, 5.41) is 9.14. The zero-order chi connectivity index (χ0) is 11.5. The number of nitrogens with two attached hydrogens (primary N) is 1. The zero-order valence-corrected chi connectivity index (χ0v) is 10.5. The smallest absolute Gasteiger partial charge is 0.0434 e. The van der Waals surface area contributed by atoms with E-state index >= 15 is 0 Å². The fourth-order valence-corrected chi connectivity index (χ4v) is 3.20. The Balaban J connectivity index is 2.62. The summed E-state index contributed by atoms with van der Waals surface area (Å²) in [6.07, 6.45) is 6.17. The van der Waals surface area contributed by atoms with Crippen LogP contribution in [0, 0.1) is 17.8 Å². The van der Waals surface area contributed by atoms with Crippen molar-refractivity contribution in [3.8, 4) is 0 Å². The van der Waals surface area contributed by atoms with E-state index in [0.29, 0.717) is 5.92 Å². The van der Waals surface area contributed by atoms with Gasteiger partial charge in [-0.1, -0.05) is 26.2 Å². The third-order valence-corrected chi connectivity index (χ3v) is 3.94. The Kier molecular flexibility index (Phi) is 4.60. The highest BCUT2D eigenvalue weighted by Crippen LogP contribution is 2.38. The van der Waals surface area contributed by atoms with Gasteiger partial charge in [-0.15, -0.1) is 0 Å². The van der Waals surface area contributed by atoms with Crippen molar-refractivity contribution in [1.82, 2.24) is 0 Å². The van der Waals surface area contributed by atoms with Crippen molar-refractivity contribution in [2.45, 2.75) is 58.4 Å². The van der Waals surface area contributed by atoms with Gasteiger partial charge in [0, 0.05) is 12.1 Å². The van der Waals surface area contributed by atoms with Crippen molar-refractivity contribution in [2.75, 3.05) is 6.61 Å². The predicted molar refractivity (Wildman–Crippen MR) is 64.6 cm³/mol. The second-order valence-corrected chi connectivity index (χ2v) is 5.97. The molecule has 15 heavy (non-hydrogen) atoms. The van der Waals surface area contributed by atoms with E-state index in [1.807, 2.05) is 0 Å². The second kappa shape index (κ2) is 5.31. The first-order valence-corrected chi connectivity index (χ1v) is 6.35. The average Bonchev–Trinajstić information content (AvgIpc) is 2.12. The summed E-state index contributed by atoms with van der Waals surface area (Å²) in [4.78, 5) is 0. The summed E-state index contributed by atoms with van der Waals surface area (Å²) in [5.41, 5.74) is 6.08. The summed E-state index contributed by atoms with van der Waals surface area (Å²) in [6.45, 7) is 6.82. The predicted octanol–water partition coefficient (Wildman–Crippen LogP) is 2.55. The van der Waals surface area contributed by atoms with E-state index in [2.05, 4.69) is 20.8 Å². The van der Waals surface area contributed by atoms with Gasteiger partial charge in [0.15, 0.2) is 0 Å². The number of rotatable bonds is 4. The van der Waals surface area contributed by atoms with Gasteiger partial charge in [0.25, 0.3) is 0 Å². The van der Waals surface area contributed by atoms with Gasteiger partial charge in [0.2, 0.25) is 0 Å². The first kappa shape index (κ1) is 13.0. The maximum atomic E-state index is 9.14. The Bertz CT molecular complexity index is 185. The van der Waals surface area contributed by atoms with E-state index < -0.39 is 0 Å². The molecule has 0 aromatic heterocycles. The lowest BCUT2D eigenvalue weighted by Gasteiger charge is -2.40. The Morgan fingerprint density at radius 3 is 2.53 bits per heavy atom. The van der Waals surface area contributed by atoms with Crippen LogP contribution >= 0.6 is 0 Å². The third-order valence-electron chi connectivity index (χ3n) is 3.94. The molecule has 0 aliphatic heterocycles. The highest BCUT2D eigenvalue weighted by Gasteiger charge is 2.34. The van der Waals surface area contributed by atoms with Crippen LogP contribution in [0.1, 0.15) is 52.9 Å². The Morgan fingerprint density at radius 1 is 1.40 bits per heavy atom. The van der Waals surface area contributed by atoms with Gasteiger partial charge >= 0.3 is 0 Å². The van der Waals surface area contributed by atoms with Crippen molar-refractivity contribution < 1.29 is 5.11 Å². The van der Waals surface area contributed by atoms with Crippen LogP contribution in [0.4, 0.5) is 0 Å². The quantitative estimate of drug-likeness (QED) is 0.754. The summed E-state index contributed by atoms with van der Waals surface area (Å²) in [5.74, 6) is 2.04. The first-order chi connectivity index (χ1) is 6.95. The Morgan fingerprint density at radius 2 is 2.07 bits per heavy atom. The number of hydrogen-bond acceptors (Lipinski definition) is 2. The minimum Gasteiger partial charge on any atom is -0.396 e.